The summed E-state index contributed by atoms with van der Waals surface area (Å²) in [5.41, 5.74) is 1.72. The quantitative estimate of drug-likeness (QED) is 0.770. The SMILES string of the molecule is CC(O)C(C)Cn1ncc2ncc(-c3cccc(C(F)(F)F)c3)cc21. The first-order valence-electron chi connectivity index (χ1n) is 7.93. The van der Waals surface area contributed by atoms with E-state index in [0.29, 0.717) is 23.2 Å². The Labute approximate surface area is 142 Å². The first-order valence-corrected chi connectivity index (χ1v) is 7.93. The lowest BCUT2D eigenvalue weighted by Crippen LogP contribution is -2.19. The number of fused-ring (bicyclic) bond motifs is 1. The van der Waals surface area contributed by atoms with Gasteiger partial charge in [-0.15, -0.1) is 0 Å². The lowest BCUT2D eigenvalue weighted by molar-refractivity contribution is -0.137. The van der Waals surface area contributed by atoms with Gasteiger partial charge in [-0.2, -0.15) is 18.3 Å². The maximum Gasteiger partial charge on any atom is 0.416 e. The summed E-state index contributed by atoms with van der Waals surface area (Å²) in [6.07, 6.45) is -1.72. The highest BCUT2D eigenvalue weighted by Crippen LogP contribution is 2.32. The van der Waals surface area contributed by atoms with E-state index in [4.69, 9.17) is 0 Å². The Balaban J connectivity index is 2.01. The number of aliphatic hydroxyl groups excluding tert-OH is 1. The van der Waals surface area contributed by atoms with Crippen molar-refractivity contribution in [2.45, 2.75) is 32.7 Å². The lowest BCUT2D eigenvalue weighted by atomic mass is 10.0. The summed E-state index contributed by atoms with van der Waals surface area (Å²) in [5, 5.41) is 13.9. The fourth-order valence-electron chi connectivity index (χ4n) is 2.56. The minimum absolute atomic E-state index is 0.0136. The molecule has 0 saturated carbocycles. The Hall–Kier alpha value is -2.41. The number of hydrogen-bond acceptors (Lipinski definition) is 3. The van der Waals surface area contributed by atoms with Crippen molar-refractivity contribution >= 4 is 11.0 Å². The van der Waals surface area contributed by atoms with Crippen LogP contribution in [0.1, 0.15) is 19.4 Å². The van der Waals surface area contributed by atoms with Gasteiger partial charge < -0.3 is 5.11 Å². The first kappa shape index (κ1) is 17.4. The van der Waals surface area contributed by atoms with E-state index in [2.05, 4.69) is 10.1 Å². The molecule has 25 heavy (non-hydrogen) atoms. The Bertz CT molecular complexity index is 887. The highest BCUT2D eigenvalue weighted by Gasteiger charge is 2.30. The Morgan fingerprint density at radius 3 is 2.56 bits per heavy atom. The molecular weight excluding hydrogens is 331 g/mol. The molecule has 0 aliphatic carbocycles. The summed E-state index contributed by atoms with van der Waals surface area (Å²) in [6.45, 7) is 4.11. The zero-order valence-electron chi connectivity index (χ0n) is 13.8. The second-order valence-electron chi connectivity index (χ2n) is 6.25. The van der Waals surface area contributed by atoms with Crippen molar-refractivity contribution in [2.75, 3.05) is 0 Å². The van der Waals surface area contributed by atoms with Crippen molar-refractivity contribution in [2.24, 2.45) is 5.92 Å². The third kappa shape index (κ3) is 3.66. The van der Waals surface area contributed by atoms with Gasteiger partial charge in [0.15, 0.2) is 0 Å². The van der Waals surface area contributed by atoms with Gasteiger partial charge in [0.25, 0.3) is 0 Å². The fourth-order valence-corrected chi connectivity index (χ4v) is 2.56. The van der Waals surface area contributed by atoms with Crippen LogP contribution in [0, 0.1) is 5.92 Å². The molecule has 2 aromatic heterocycles. The van der Waals surface area contributed by atoms with E-state index in [1.807, 2.05) is 6.92 Å². The van der Waals surface area contributed by atoms with Crippen molar-refractivity contribution in [3.63, 3.8) is 0 Å². The normalized spacial score (nSPS) is 14.6. The van der Waals surface area contributed by atoms with Gasteiger partial charge in [-0.05, 0) is 30.7 Å². The molecule has 0 bridgehead atoms. The van der Waals surface area contributed by atoms with Crippen molar-refractivity contribution in [1.29, 1.82) is 0 Å². The predicted octanol–water partition coefficient (Wildman–Crippen LogP) is 4.13. The maximum atomic E-state index is 12.9. The van der Waals surface area contributed by atoms with Crippen LogP contribution in [-0.4, -0.2) is 26.0 Å². The molecule has 1 N–H and O–H groups in total. The Morgan fingerprint density at radius 1 is 1.12 bits per heavy atom. The van der Waals surface area contributed by atoms with E-state index >= 15 is 0 Å². The van der Waals surface area contributed by atoms with Crippen LogP contribution < -0.4 is 0 Å². The summed E-state index contributed by atoms with van der Waals surface area (Å²) >= 11 is 0. The van der Waals surface area contributed by atoms with Gasteiger partial charge in [-0.1, -0.05) is 19.1 Å². The van der Waals surface area contributed by atoms with Gasteiger partial charge in [-0.25, -0.2) is 0 Å². The highest BCUT2D eigenvalue weighted by molar-refractivity contribution is 5.80. The van der Waals surface area contributed by atoms with Crippen LogP contribution in [0.25, 0.3) is 22.2 Å². The molecule has 0 aliphatic rings. The number of nitrogens with zero attached hydrogens (tertiary/aromatic N) is 3. The summed E-state index contributed by atoms with van der Waals surface area (Å²) < 4.78 is 40.5. The molecule has 0 radical (unpaired) electrons. The predicted molar refractivity (Wildman–Crippen MR) is 88.8 cm³/mol. The van der Waals surface area contributed by atoms with Crippen LogP contribution in [0.15, 0.2) is 42.7 Å². The number of pyridine rings is 1. The van der Waals surface area contributed by atoms with Crippen LogP contribution in [0.3, 0.4) is 0 Å². The third-order valence-corrected chi connectivity index (χ3v) is 4.30. The highest BCUT2D eigenvalue weighted by atomic mass is 19.4. The standard InChI is InChI=1S/C18H18F3N3O/c1-11(12(2)25)10-24-17-7-14(8-22-16(17)9-23-24)13-4-3-5-15(6-13)18(19,20)21/h3-9,11-12,25H,10H2,1-2H3. The topological polar surface area (TPSA) is 50.9 Å². The van der Waals surface area contributed by atoms with Gasteiger partial charge >= 0.3 is 6.18 Å². The van der Waals surface area contributed by atoms with Gasteiger partial charge in [-0.3, -0.25) is 9.67 Å². The van der Waals surface area contributed by atoms with Crippen LogP contribution in [-0.2, 0) is 12.7 Å². The molecule has 4 nitrogen and oxygen atoms in total. The van der Waals surface area contributed by atoms with Crippen molar-refractivity contribution in [3.05, 3.63) is 48.3 Å². The largest absolute Gasteiger partial charge is 0.416 e. The molecule has 2 unspecified atom stereocenters. The number of aliphatic hydroxyl groups is 1. The molecule has 0 aliphatic heterocycles. The second-order valence-corrected chi connectivity index (χ2v) is 6.25. The molecule has 7 heteroatoms. The van der Waals surface area contributed by atoms with Gasteiger partial charge in [0.2, 0.25) is 0 Å². The van der Waals surface area contributed by atoms with Crippen LogP contribution in [0.2, 0.25) is 0 Å². The number of hydrogen-bond donors (Lipinski definition) is 1. The smallest absolute Gasteiger partial charge is 0.393 e. The van der Waals surface area contributed by atoms with E-state index in [1.54, 1.807) is 36.1 Å². The summed E-state index contributed by atoms with van der Waals surface area (Å²) in [7, 11) is 0. The molecule has 0 amide bonds. The van der Waals surface area contributed by atoms with Gasteiger partial charge in [0.05, 0.1) is 23.4 Å². The molecule has 0 fully saturated rings. The van der Waals surface area contributed by atoms with Crippen LogP contribution in [0.5, 0.6) is 0 Å². The van der Waals surface area contributed by atoms with Gasteiger partial charge in [0, 0.05) is 24.2 Å². The average Bonchev–Trinajstić information content (AvgIpc) is 2.96. The summed E-state index contributed by atoms with van der Waals surface area (Å²) in [6, 6.07) is 6.94. The molecule has 3 aromatic rings. The van der Waals surface area contributed by atoms with Gasteiger partial charge in [0.1, 0.15) is 5.52 Å². The minimum Gasteiger partial charge on any atom is -0.393 e. The molecule has 132 valence electrons. The number of benzene rings is 1. The Morgan fingerprint density at radius 2 is 1.88 bits per heavy atom. The monoisotopic (exact) mass is 349 g/mol. The molecule has 1 aromatic carbocycles. The first-order chi connectivity index (χ1) is 11.8. The average molecular weight is 349 g/mol. The second kappa shape index (κ2) is 6.48. The van der Waals surface area contributed by atoms with E-state index in [1.165, 1.54) is 6.07 Å². The number of alkyl halides is 3. The fraction of sp³-hybridized carbons (Fsp3) is 0.333. The molecule has 2 heterocycles. The molecule has 0 spiro atoms. The van der Waals surface area contributed by atoms with E-state index in [9.17, 15) is 18.3 Å². The van der Waals surface area contributed by atoms with E-state index < -0.39 is 17.8 Å². The molecule has 2 atom stereocenters. The molecule has 3 rings (SSSR count). The zero-order chi connectivity index (χ0) is 18.2. The van der Waals surface area contributed by atoms with Crippen molar-refractivity contribution in [3.8, 4) is 11.1 Å². The number of aromatic nitrogens is 3. The van der Waals surface area contributed by atoms with E-state index in [-0.39, 0.29) is 5.92 Å². The Kier molecular flexibility index (Phi) is 4.51. The maximum absolute atomic E-state index is 12.9. The van der Waals surface area contributed by atoms with Crippen molar-refractivity contribution in [1.82, 2.24) is 14.8 Å². The lowest BCUT2D eigenvalue weighted by Gasteiger charge is -2.15. The number of rotatable bonds is 4. The number of halogens is 3. The molecule has 0 saturated heterocycles. The summed E-state index contributed by atoms with van der Waals surface area (Å²) in [5.74, 6) is -0.0136. The van der Waals surface area contributed by atoms with Crippen LogP contribution >= 0.6 is 0 Å². The van der Waals surface area contributed by atoms with E-state index in [0.717, 1.165) is 17.6 Å². The van der Waals surface area contributed by atoms with Crippen molar-refractivity contribution < 1.29 is 18.3 Å². The minimum atomic E-state index is -4.39. The zero-order valence-corrected chi connectivity index (χ0v) is 13.8. The van der Waals surface area contributed by atoms with Crippen LogP contribution in [0.4, 0.5) is 13.2 Å². The third-order valence-electron chi connectivity index (χ3n) is 4.30. The molecular formula is C18H18F3N3O. The summed E-state index contributed by atoms with van der Waals surface area (Å²) in [4.78, 5) is 4.30.